The van der Waals surface area contributed by atoms with E-state index in [1.54, 1.807) is 4.90 Å². The lowest BCUT2D eigenvalue weighted by molar-refractivity contribution is -0.139. The molecule has 200 valence electrons. The van der Waals surface area contributed by atoms with E-state index in [1.807, 2.05) is 30.3 Å². The van der Waals surface area contributed by atoms with Gasteiger partial charge in [-0.25, -0.2) is 13.4 Å². The highest BCUT2D eigenvalue weighted by Crippen LogP contribution is 2.41. The molecule has 37 heavy (non-hydrogen) atoms. The summed E-state index contributed by atoms with van der Waals surface area (Å²) in [7, 11) is -3.65. The van der Waals surface area contributed by atoms with Crippen LogP contribution in [0.25, 0.3) is 0 Å². The van der Waals surface area contributed by atoms with E-state index in [9.17, 15) is 22.8 Å². The number of nitrogens with zero attached hydrogens (tertiary/aromatic N) is 2. The average Bonchev–Trinajstić information content (AvgIpc) is 3.56. The Balaban J connectivity index is 1.57. The van der Waals surface area contributed by atoms with Crippen LogP contribution in [-0.4, -0.2) is 79.8 Å². The van der Waals surface area contributed by atoms with Crippen LogP contribution in [0.5, 0.6) is 0 Å². The van der Waals surface area contributed by atoms with Crippen LogP contribution < -0.4 is 5.32 Å². The van der Waals surface area contributed by atoms with Gasteiger partial charge in [0.2, 0.25) is 17.6 Å². The maximum Gasteiger partial charge on any atom is 0.265 e. The Morgan fingerprint density at radius 1 is 1.14 bits per heavy atom. The molecule has 1 aromatic carbocycles. The number of ketones is 1. The first-order valence-corrected chi connectivity index (χ1v) is 14.5. The number of ether oxygens (including phenoxy) is 1. The molecule has 10 nitrogen and oxygen atoms in total. The van der Waals surface area contributed by atoms with Crippen LogP contribution >= 0.6 is 0 Å². The van der Waals surface area contributed by atoms with Crippen molar-refractivity contribution in [3.05, 3.63) is 54.2 Å². The highest BCUT2D eigenvalue weighted by Gasteiger charge is 2.47. The molecule has 1 aromatic heterocycles. The number of benzene rings is 1. The van der Waals surface area contributed by atoms with Crippen LogP contribution in [0.1, 0.15) is 41.9 Å². The normalized spacial score (nSPS) is 18.6. The van der Waals surface area contributed by atoms with Gasteiger partial charge in [0.25, 0.3) is 5.89 Å². The number of carbonyl (C=O) groups excluding carboxylic acids is 3. The predicted molar refractivity (Wildman–Crippen MR) is 134 cm³/mol. The van der Waals surface area contributed by atoms with Gasteiger partial charge in [-0.3, -0.25) is 14.4 Å². The molecular weight excluding hydrogens is 498 g/mol. The lowest BCUT2D eigenvalue weighted by atomic mass is 9.94. The zero-order valence-corrected chi connectivity index (χ0v) is 21.7. The van der Waals surface area contributed by atoms with Crippen molar-refractivity contribution in [3.63, 3.8) is 0 Å². The Hall–Kier alpha value is -3.05. The number of hydrogen-bond donors (Lipinski definition) is 1. The van der Waals surface area contributed by atoms with Crippen molar-refractivity contribution in [2.24, 2.45) is 11.8 Å². The molecule has 1 aliphatic carbocycles. The van der Waals surface area contributed by atoms with E-state index in [2.05, 4.69) is 10.3 Å². The van der Waals surface area contributed by atoms with Crippen LogP contribution in [0.2, 0.25) is 0 Å². The lowest BCUT2D eigenvalue weighted by Gasteiger charge is -2.31. The smallest absolute Gasteiger partial charge is 0.265 e. The van der Waals surface area contributed by atoms with Crippen LogP contribution in [0.4, 0.5) is 0 Å². The summed E-state index contributed by atoms with van der Waals surface area (Å²) in [6, 6.07) is 8.51. The highest BCUT2D eigenvalue weighted by molar-refractivity contribution is 7.91. The Kier molecular flexibility index (Phi) is 8.75. The van der Waals surface area contributed by atoms with E-state index in [4.69, 9.17) is 9.15 Å². The summed E-state index contributed by atoms with van der Waals surface area (Å²) in [6.07, 6.45) is 5.60. The Bertz CT molecular complexity index is 1170. The molecule has 4 rings (SSSR count). The molecule has 2 aromatic rings. The number of Topliss-reactive ketones (excluding diaryl/α,β-unsaturated/α-hetero) is 1. The average molecular weight is 532 g/mol. The summed E-state index contributed by atoms with van der Waals surface area (Å²) < 4.78 is 36.1. The minimum absolute atomic E-state index is 0.138. The van der Waals surface area contributed by atoms with Gasteiger partial charge < -0.3 is 19.4 Å². The van der Waals surface area contributed by atoms with E-state index in [0.29, 0.717) is 45.6 Å². The Labute approximate surface area is 216 Å². The fourth-order valence-corrected chi connectivity index (χ4v) is 6.67. The molecule has 1 aliphatic heterocycles. The molecule has 2 fully saturated rings. The molecule has 1 saturated heterocycles. The third-order valence-electron chi connectivity index (χ3n) is 6.91. The number of sulfone groups is 1. The van der Waals surface area contributed by atoms with Crippen molar-refractivity contribution in [1.29, 1.82) is 0 Å². The van der Waals surface area contributed by atoms with Gasteiger partial charge in [-0.2, -0.15) is 0 Å². The zero-order chi connectivity index (χ0) is 26.4. The van der Waals surface area contributed by atoms with Crippen molar-refractivity contribution >= 4 is 27.4 Å². The maximum atomic E-state index is 13.7. The van der Waals surface area contributed by atoms with Gasteiger partial charge in [-0.05, 0) is 37.2 Å². The van der Waals surface area contributed by atoms with Gasteiger partial charge in [0.1, 0.15) is 6.26 Å². The summed E-state index contributed by atoms with van der Waals surface area (Å²) in [5.41, 5.74) is 0.980. The van der Waals surface area contributed by atoms with Gasteiger partial charge in [0.05, 0.1) is 36.6 Å². The molecule has 0 bridgehead atoms. The molecule has 3 atom stereocenters. The summed E-state index contributed by atoms with van der Waals surface area (Å²) >= 11 is 0. The number of aryl methyl sites for hydroxylation is 1. The summed E-state index contributed by atoms with van der Waals surface area (Å²) in [6.45, 7) is 1.57. The minimum atomic E-state index is -3.65. The van der Waals surface area contributed by atoms with Gasteiger partial charge in [-0.15, -0.1) is 0 Å². The first-order valence-electron chi connectivity index (χ1n) is 12.6. The molecular formula is C26H33N3O7S. The van der Waals surface area contributed by atoms with E-state index in [0.717, 1.165) is 11.8 Å². The van der Waals surface area contributed by atoms with Gasteiger partial charge in [0.15, 0.2) is 9.84 Å². The number of carbonyl (C=O) groups is 3. The van der Waals surface area contributed by atoms with Crippen molar-refractivity contribution in [3.8, 4) is 0 Å². The molecule has 2 amide bonds. The Morgan fingerprint density at radius 2 is 1.84 bits per heavy atom. The van der Waals surface area contributed by atoms with E-state index in [1.165, 1.54) is 12.5 Å². The Morgan fingerprint density at radius 3 is 2.43 bits per heavy atom. The topological polar surface area (TPSA) is 136 Å². The highest BCUT2D eigenvalue weighted by atomic mass is 32.2. The van der Waals surface area contributed by atoms with Gasteiger partial charge in [0, 0.05) is 25.8 Å². The quantitative estimate of drug-likeness (QED) is 0.409. The van der Waals surface area contributed by atoms with Crippen molar-refractivity contribution in [1.82, 2.24) is 15.2 Å². The first-order chi connectivity index (χ1) is 17.7. The largest absolute Gasteiger partial charge is 0.442 e. The fourth-order valence-electron chi connectivity index (χ4n) is 4.89. The van der Waals surface area contributed by atoms with Crippen molar-refractivity contribution < 1.29 is 32.0 Å². The molecule has 0 spiro atoms. The molecule has 2 aliphatic rings. The van der Waals surface area contributed by atoms with Gasteiger partial charge >= 0.3 is 0 Å². The van der Waals surface area contributed by atoms with Gasteiger partial charge in [-0.1, -0.05) is 30.3 Å². The number of morpholine rings is 1. The molecule has 2 heterocycles. The van der Waals surface area contributed by atoms with Crippen molar-refractivity contribution in [2.75, 3.05) is 32.6 Å². The van der Waals surface area contributed by atoms with Crippen LogP contribution in [0, 0.1) is 11.8 Å². The number of nitrogens with one attached hydrogen (secondary N) is 1. The third-order valence-corrected chi connectivity index (χ3v) is 8.62. The third kappa shape index (κ3) is 7.26. The standard InChI is InChI=1S/C26H33N3O7S/c1-37(33,34)24(19-8-9-19)20(17-22(30)29-12-15-35-16-13-29)25(32)28-21(23(31)26-27-11-14-36-26)10-7-18-5-3-2-4-6-18/h2-6,11,14,19-21,24H,7-10,12-13,15-17H2,1H3,(H,28,32). The van der Waals surface area contributed by atoms with Crippen LogP contribution in [-0.2, 0) is 30.6 Å². The number of rotatable bonds is 12. The number of oxazole rings is 1. The molecule has 1 saturated carbocycles. The number of amides is 2. The molecule has 11 heteroatoms. The zero-order valence-electron chi connectivity index (χ0n) is 20.9. The summed E-state index contributed by atoms with van der Waals surface area (Å²) in [4.78, 5) is 45.5. The van der Waals surface area contributed by atoms with Crippen LogP contribution in [0.15, 0.2) is 47.2 Å². The summed E-state index contributed by atoms with van der Waals surface area (Å²) in [5, 5.41) is 1.77. The number of aromatic nitrogens is 1. The monoisotopic (exact) mass is 531 g/mol. The van der Waals surface area contributed by atoms with Crippen molar-refractivity contribution in [2.45, 2.75) is 43.4 Å². The molecule has 1 N–H and O–H groups in total. The molecule has 3 unspecified atom stereocenters. The lowest BCUT2D eigenvalue weighted by Crippen LogP contribution is -2.50. The number of hydrogen-bond acceptors (Lipinski definition) is 8. The second-order valence-electron chi connectivity index (χ2n) is 9.72. The van der Waals surface area contributed by atoms with Crippen LogP contribution in [0.3, 0.4) is 0 Å². The predicted octanol–water partition coefficient (Wildman–Crippen LogP) is 1.66. The second-order valence-corrected chi connectivity index (χ2v) is 11.9. The van der Waals surface area contributed by atoms with E-state index >= 15 is 0 Å². The first kappa shape index (κ1) is 27.0. The van der Waals surface area contributed by atoms with E-state index < -0.39 is 38.7 Å². The molecule has 0 radical (unpaired) electrons. The van der Waals surface area contributed by atoms with E-state index in [-0.39, 0.29) is 30.6 Å². The second kappa shape index (κ2) is 12.0. The summed E-state index contributed by atoms with van der Waals surface area (Å²) in [5.74, 6) is -2.86. The SMILES string of the molecule is CS(=O)(=O)C(C1CC1)C(CC(=O)N1CCOCC1)C(=O)NC(CCc1ccccc1)C(=O)c1ncco1. The minimum Gasteiger partial charge on any atom is -0.442 e. The maximum absolute atomic E-state index is 13.7. The fraction of sp³-hybridized carbons (Fsp3) is 0.538.